The molecular weight excluding hydrogens is 392 g/mol. The molecule has 1 amide bonds. The Morgan fingerprint density at radius 3 is 2.64 bits per heavy atom. The van der Waals surface area contributed by atoms with Crippen LogP contribution in [0.15, 0.2) is 30.3 Å². The SMILES string of the molecule is CCOc1ccc(-c2nc(NC(=O)c3cc4c(C)nn(C)c4s3)sc2C)cc1. The van der Waals surface area contributed by atoms with Crippen molar-refractivity contribution < 1.29 is 9.53 Å². The summed E-state index contributed by atoms with van der Waals surface area (Å²) >= 11 is 2.91. The molecule has 0 aliphatic heterocycles. The van der Waals surface area contributed by atoms with Crippen LogP contribution in [0, 0.1) is 13.8 Å². The number of thiophene rings is 1. The van der Waals surface area contributed by atoms with Crippen molar-refractivity contribution in [3.05, 3.63) is 45.8 Å². The van der Waals surface area contributed by atoms with Gasteiger partial charge in [-0.15, -0.1) is 22.7 Å². The third-order valence-corrected chi connectivity index (χ3v) is 6.46. The van der Waals surface area contributed by atoms with Gasteiger partial charge in [0.05, 0.1) is 22.9 Å². The minimum absolute atomic E-state index is 0.146. The summed E-state index contributed by atoms with van der Waals surface area (Å²) < 4.78 is 7.30. The molecule has 0 saturated carbocycles. The Morgan fingerprint density at radius 1 is 1.21 bits per heavy atom. The predicted octanol–water partition coefficient (Wildman–Crippen LogP) is 5.03. The number of hydrogen-bond acceptors (Lipinski definition) is 6. The van der Waals surface area contributed by atoms with Crippen molar-refractivity contribution in [2.75, 3.05) is 11.9 Å². The molecular formula is C20H20N4O2S2. The molecule has 0 spiro atoms. The molecule has 0 aliphatic rings. The van der Waals surface area contributed by atoms with E-state index in [1.807, 2.05) is 62.8 Å². The average molecular weight is 413 g/mol. The van der Waals surface area contributed by atoms with E-state index in [2.05, 4.69) is 15.4 Å². The fourth-order valence-electron chi connectivity index (χ4n) is 3.07. The maximum atomic E-state index is 12.7. The van der Waals surface area contributed by atoms with Crippen molar-refractivity contribution in [1.29, 1.82) is 0 Å². The molecule has 0 bridgehead atoms. The molecule has 144 valence electrons. The van der Waals surface area contributed by atoms with Crippen LogP contribution >= 0.6 is 22.7 Å². The number of benzene rings is 1. The zero-order chi connectivity index (χ0) is 19.8. The number of anilines is 1. The number of carbonyl (C=O) groups excluding carboxylic acids is 1. The van der Waals surface area contributed by atoms with E-state index < -0.39 is 0 Å². The van der Waals surface area contributed by atoms with Gasteiger partial charge < -0.3 is 4.74 Å². The summed E-state index contributed by atoms with van der Waals surface area (Å²) in [5.74, 6) is 0.690. The largest absolute Gasteiger partial charge is 0.494 e. The third kappa shape index (κ3) is 3.41. The van der Waals surface area contributed by atoms with Crippen LogP contribution in [0.5, 0.6) is 5.75 Å². The summed E-state index contributed by atoms with van der Waals surface area (Å²) in [7, 11) is 1.89. The molecule has 0 radical (unpaired) electrons. The van der Waals surface area contributed by atoms with Crippen LogP contribution in [0.2, 0.25) is 0 Å². The molecule has 0 saturated heterocycles. The Labute approximate surface area is 170 Å². The number of thiazole rings is 1. The van der Waals surface area contributed by atoms with E-state index in [9.17, 15) is 4.79 Å². The first kappa shape index (κ1) is 18.6. The number of carbonyl (C=O) groups is 1. The Balaban J connectivity index is 1.55. The number of rotatable bonds is 5. The number of aryl methyl sites for hydroxylation is 3. The Kier molecular flexibility index (Phi) is 4.91. The van der Waals surface area contributed by atoms with Crippen molar-refractivity contribution in [2.24, 2.45) is 7.05 Å². The highest BCUT2D eigenvalue weighted by Gasteiger charge is 2.17. The molecule has 0 unspecified atom stereocenters. The lowest BCUT2D eigenvalue weighted by Crippen LogP contribution is -2.09. The zero-order valence-electron chi connectivity index (χ0n) is 16.1. The van der Waals surface area contributed by atoms with Crippen LogP contribution in [0.4, 0.5) is 5.13 Å². The van der Waals surface area contributed by atoms with Gasteiger partial charge in [0.15, 0.2) is 5.13 Å². The van der Waals surface area contributed by atoms with E-state index in [1.165, 1.54) is 22.7 Å². The normalized spacial score (nSPS) is 11.1. The highest BCUT2D eigenvalue weighted by Crippen LogP contribution is 2.33. The first-order chi connectivity index (χ1) is 13.5. The maximum Gasteiger partial charge on any atom is 0.267 e. The van der Waals surface area contributed by atoms with E-state index in [-0.39, 0.29) is 5.91 Å². The molecule has 28 heavy (non-hydrogen) atoms. The highest BCUT2D eigenvalue weighted by atomic mass is 32.1. The van der Waals surface area contributed by atoms with Crippen molar-refractivity contribution in [3.8, 4) is 17.0 Å². The lowest BCUT2D eigenvalue weighted by molar-refractivity contribution is 0.103. The van der Waals surface area contributed by atoms with E-state index >= 15 is 0 Å². The molecule has 4 aromatic rings. The molecule has 0 fully saturated rings. The molecule has 1 N–H and O–H groups in total. The van der Waals surface area contributed by atoms with E-state index in [4.69, 9.17) is 4.74 Å². The standard InChI is InChI=1S/C20H20N4O2S2/c1-5-26-14-8-6-13(7-9-14)17-12(3)27-20(21-17)22-18(25)16-10-15-11(2)23-24(4)19(15)28-16/h6-10H,5H2,1-4H3,(H,21,22,25). The second-order valence-corrected chi connectivity index (χ2v) is 8.61. The summed E-state index contributed by atoms with van der Waals surface area (Å²) in [6, 6.07) is 9.74. The number of ether oxygens (including phenoxy) is 1. The fraction of sp³-hybridized carbons (Fsp3) is 0.250. The number of aromatic nitrogens is 3. The van der Waals surface area contributed by atoms with Crippen LogP contribution in [0.1, 0.15) is 27.2 Å². The Hall–Kier alpha value is -2.71. The second kappa shape index (κ2) is 7.37. The number of nitrogens with one attached hydrogen (secondary N) is 1. The molecule has 3 heterocycles. The maximum absolute atomic E-state index is 12.7. The smallest absolute Gasteiger partial charge is 0.267 e. The van der Waals surface area contributed by atoms with E-state index in [0.717, 1.165) is 37.8 Å². The number of fused-ring (bicyclic) bond motifs is 1. The molecule has 0 atom stereocenters. The highest BCUT2D eigenvalue weighted by molar-refractivity contribution is 7.20. The van der Waals surface area contributed by atoms with Crippen LogP contribution in [0.25, 0.3) is 21.5 Å². The van der Waals surface area contributed by atoms with Crippen molar-refractivity contribution >= 4 is 43.9 Å². The molecule has 6 nitrogen and oxygen atoms in total. The topological polar surface area (TPSA) is 69.0 Å². The van der Waals surface area contributed by atoms with Crippen molar-refractivity contribution in [1.82, 2.24) is 14.8 Å². The first-order valence-corrected chi connectivity index (χ1v) is 10.5. The van der Waals surface area contributed by atoms with Gasteiger partial charge in [-0.2, -0.15) is 5.10 Å². The van der Waals surface area contributed by atoms with Gasteiger partial charge in [-0.25, -0.2) is 4.98 Å². The van der Waals surface area contributed by atoms with Crippen LogP contribution < -0.4 is 10.1 Å². The van der Waals surface area contributed by atoms with Gasteiger partial charge in [0, 0.05) is 22.9 Å². The zero-order valence-corrected chi connectivity index (χ0v) is 17.7. The molecule has 0 aliphatic carbocycles. The number of hydrogen-bond donors (Lipinski definition) is 1. The van der Waals surface area contributed by atoms with Gasteiger partial charge in [-0.3, -0.25) is 14.8 Å². The summed E-state index contributed by atoms with van der Waals surface area (Å²) in [6.45, 7) is 6.55. The van der Waals surface area contributed by atoms with Gasteiger partial charge in [0.1, 0.15) is 10.6 Å². The lowest BCUT2D eigenvalue weighted by atomic mass is 10.1. The van der Waals surface area contributed by atoms with Crippen LogP contribution in [-0.2, 0) is 7.05 Å². The van der Waals surface area contributed by atoms with Crippen LogP contribution in [0.3, 0.4) is 0 Å². The minimum atomic E-state index is -0.146. The van der Waals surface area contributed by atoms with E-state index in [1.54, 1.807) is 0 Å². The molecule has 3 aromatic heterocycles. The quantitative estimate of drug-likeness (QED) is 0.499. The van der Waals surface area contributed by atoms with Crippen molar-refractivity contribution in [2.45, 2.75) is 20.8 Å². The monoisotopic (exact) mass is 412 g/mol. The predicted molar refractivity (Wildman–Crippen MR) is 115 cm³/mol. The molecule has 4 rings (SSSR count). The number of amides is 1. The fourth-order valence-corrected chi connectivity index (χ4v) is 4.92. The van der Waals surface area contributed by atoms with Gasteiger partial charge in [0.2, 0.25) is 0 Å². The first-order valence-electron chi connectivity index (χ1n) is 8.91. The summed E-state index contributed by atoms with van der Waals surface area (Å²) in [5.41, 5.74) is 2.80. The summed E-state index contributed by atoms with van der Waals surface area (Å²) in [5, 5.41) is 8.92. The Morgan fingerprint density at radius 2 is 1.96 bits per heavy atom. The summed E-state index contributed by atoms with van der Waals surface area (Å²) in [6.07, 6.45) is 0. The van der Waals surface area contributed by atoms with Crippen molar-refractivity contribution in [3.63, 3.8) is 0 Å². The average Bonchev–Trinajstić information content (AvgIpc) is 3.33. The second-order valence-electron chi connectivity index (χ2n) is 6.37. The third-order valence-electron chi connectivity index (χ3n) is 4.38. The minimum Gasteiger partial charge on any atom is -0.494 e. The van der Waals surface area contributed by atoms with E-state index in [0.29, 0.717) is 16.6 Å². The molecule has 8 heteroatoms. The lowest BCUT2D eigenvalue weighted by Gasteiger charge is -2.04. The van der Waals surface area contributed by atoms with Gasteiger partial charge in [-0.05, 0) is 51.1 Å². The Bertz CT molecular complexity index is 1120. The molecule has 1 aromatic carbocycles. The van der Waals surface area contributed by atoms with Gasteiger partial charge in [-0.1, -0.05) is 0 Å². The number of nitrogens with zero attached hydrogens (tertiary/aromatic N) is 3. The summed E-state index contributed by atoms with van der Waals surface area (Å²) in [4.78, 5) is 20.0. The van der Waals surface area contributed by atoms with Gasteiger partial charge >= 0.3 is 0 Å². The van der Waals surface area contributed by atoms with Gasteiger partial charge in [0.25, 0.3) is 5.91 Å². The van der Waals surface area contributed by atoms with Crippen LogP contribution in [-0.4, -0.2) is 27.3 Å².